The average molecular weight is 208 g/mol. The zero-order valence-electron chi connectivity index (χ0n) is 10.3. The van der Waals surface area contributed by atoms with Crippen molar-refractivity contribution in [3.63, 3.8) is 0 Å². The Morgan fingerprint density at radius 2 is 2.13 bits per heavy atom. The fourth-order valence-electron chi connectivity index (χ4n) is 1.73. The molecule has 0 saturated carbocycles. The predicted octanol–water partition coefficient (Wildman–Crippen LogP) is 3.35. The predicted molar refractivity (Wildman–Crippen MR) is 66.0 cm³/mol. The van der Waals surface area contributed by atoms with Crippen molar-refractivity contribution in [3.05, 3.63) is 24.0 Å². The van der Waals surface area contributed by atoms with Crippen molar-refractivity contribution in [2.24, 2.45) is 0 Å². The molecule has 15 heavy (non-hydrogen) atoms. The second-order valence-corrected chi connectivity index (χ2v) is 4.21. The Kier molecular flexibility index (Phi) is 5.48. The average Bonchev–Trinajstić information content (AvgIpc) is 2.67. The highest BCUT2D eigenvalue weighted by Crippen LogP contribution is 2.12. The van der Waals surface area contributed by atoms with Crippen molar-refractivity contribution in [1.29, 1.82) is 0 Å². The molecule has 0 radical (unpaired) electrons. The van der Waals surface area contributed by atoms with Crippen LogP contribution in [0.25, 0.3) is 0 Å². The second kappa shape index (κ2) is 6.67. The third kappa shape index (κ3) is 4.08. The van der Waals surface area contributed by atoms with Gasteiger partial charge in [0.25, 0.3) is 0 Å². The van der Waals surface area contributed by atoms with Crippen LogP contribution in [0.1, 0.15) is 51.6 Å². The topological polar surface area (TPSA) is 17.0 Å². The third-order valence-corrected chi connectivity index (χ3v) is 2.74. The van der Waals surface area contributed by atoms with E-state index in [1.165, 1.54) is 24.8 Å². The smallest absolute Gasteiger partial charge is 0.0306 e. The van der Waals surface area contributed by atoms with Crippen molar-refractivity contribution in [1.82, 2.24) is 9.88 Å². The number of hydrogen-bond donors (Lipinski definition) is 1. The highest BCUT2D eigenvalue weighted by Gasteiger charge is 2.05. The number of hydrogen-bond acceptors (Lipinski definition) is 1. The van der Waals surface area contributed by atoms with Crippen molar-refractivity contribution in [2.45, 2.75) is 52.6 Å². The zero-order chi connectivity index (χ0) is 11.1. The van der Waals surface area contributed by atoms with Gasteiger partial charge in [-0.25, -0.2) is 0 Å². The van der Waals surface area contributed by atoms with E-state index in [1.807, 2.05) is 0 Å². The van der Waals surface area contributed by atoms with E-state index in [9.17, 15) is 0 Å². The summed E-state index contributed by atoms with van der Waals surface area (Å²) in [5.41, 5.74) is 1.40. The molecule has 1 atom stereocenters. The van der Waals surface area contributed by atoms with Gasteiger partial charge in [0.2, 0.25) is 0 Å². The summed E-state index contributed by atoms with van der Waals surface area (Å²) < 4.78 is 2.27. The van der Waals surface area contributed by atoms with Crippen LogP contribution in [-0.4, -0.2) is 11.1 Å². The van der Waals surface area contributed by atoms with E-state index in [2.05, 4.69) is 49.1 Å². The van der Waals surface area contributed by atoms with Gasteiger partial charge in [-0.2, -0.15) is 0 Å². The molecule has 1 aromatic rings. The quantitative estimate of drug-likeness (QED) is 0.680. The molecule has 86 valence electrons. The molecule has 1 N–H and O–H groups in total. The Balaban J connectivity index is 2.39. The molecule has 0 spiro atoms. The third-order valence-electron chi connectivity index (χ3n) is 2.74. The van der Waals surface area contributed by atoms with E-state index in [-0.39, 0.29) is 0 Å². The van der Waals surface area contributed by atoms with Crippen molar-refractivity contribution in [3.8, 4) is 0 Å². The van der Waals surface area contributed by atoms with Crippen LogP contribution in [0.5, 0.6) is 0 Å². The summed E-state index contributed by atoms with van der Waals surface area (Å²) in [6, 6.07) is 2.70. The van der Waals surface area contributed by atoms with Crippen molar-refractivity contribution < 1.29 is 0 Å². The molecule has 0 unspecified atom stereocenters. The van der Waals surface area contributed by atoms with Gasteiger partial charge in [0.15, 0.2) is 0 Å². The molecular weight excluding hydrogens is 184 g/mol. The van der Waals surface area contributed by atoms with Gasteiger partial charge in [-0.05, 0) is 37.9 Å². The maximum Gasteiger partial charge on any atom is 0.0306 e. The summed E-state index contributed by atoms with van der Waals surface area (Å²) in [4.78, 5) is 0. The Morgan fingerprint density at radius 3 is 2.80 bits per heavy atom. The first-order chi connectivity index (χ1) is 7.27. The summed E-state index contributed by atoms with van der Waals surface area (Å²) in [7, 11) is 0. The van der Waals surface area contributed by atoms with Gasteiger partial charge in [0.05, 0.1) is 0 Å². The summed E-state index contributed by atoms with van der Waals surface area (Å²) in [6.07, 6.45) is 8.16. The van der Waals surface area contributed by atoms with Gasteiger partial charge in [-0.3, -0.25) is 0 Å². The first kappa shape index (κ1) is 12.3. The van der Waals surface area contributed by atoms with Crippen LogP contribution in [-0.2, 0) is 6.54 Å². The molecule has 2 nitrogen and oxygen atoms in total. The lowest BCUT2D eigenvalue weighted by molar-refractivity contribution is 0.552. The lowest BCUT2D eigenvalue weighted by Crippen LogP contribution is -2.19. The minimum atomic E-state index is 0.481. The number of rotatable bonds is 7. The van der Waals surface area contributed by atoms with Crippen LogP contribution in [0.3, 0.4) is 0 Å². The fraction of sp³-hybridized carbons (Fsp3) is 0.692. The zero-order valence-corrected chi connectivity index (χ0v) is 10.3. The maximum absolute atomic E-state index is 3.54. The molecule has 0 fully saturated rings. The molecular formula is C13H24N2. The van der Waals surface area contributed by atoms with Gasteiger partial charge >= 0.3 is 0 Å². The molecule has 0 aliphatic rings. The van der Waals surface area contributed by atoms with Crippen LogP contribution < -0.4 is 5.32 Å². The van der Waals surface area contributed by atoms with E-state index in [0.717, 1.165) is 13.1 Å². The molecule has 1 heterocycles. The number of aryl methyl sites for hydroxylation is 1. The van der Waals surface area contributed by atoms with Gasteiger partial charge < -0.3 is 9.88 Å². The summed E-state index contributed by atoms with van der Waals surface area (Å²) in [5.74, 6) is 0. The second-order valence-electron chi connectivity index (χ2n) is 4.21. The highest BCUT2D eigenvalue weighted by atomic mass is 15.0. The maximum atomic E-state index is 3.54. The summed E-state index contributed by atoms with van der Waals surface area (Å²) in [5, 5.41) is 3.54. The van der Waals surface area contributed by atoms with Crippen LogP contribution >= 0.6 is 0 Å². The largest absolute Gasteiger partial charge is 0.354 e. The minimum absolute atomic E-state index is 0.481. The molecule has 0 bridgehead atoms. The standard InChI is InChI=1S/C13H24N2/c1-4-6-8-14-12(3)13-7-10-15(11-13)9-5-2/h7,10-12,14H,4-6,8-9H2,1-3H3/t12-/m0/s1. The fourth-order valence-corrected chi connectivity index (χ4v) is 1.73. The number of nitrogens with one attached hydrogen (secondary N) is 1. The first-order valence-corrected chi connectivity index (χ1v) is 6.17. The Bertz CT molecular complexity index is 265. The van der Waals surface area contributed by atoms with Gasteiger partial charge in [0.1, 0.15) is 0 Å². The summed E-state index contributed by atoms with van der Waals surface area (Å²) in [6.45, 7) is 8.92. The number of nitrogens with zero attached hydrogens (tertiary/aromatic N) is 1. The van der Waals surface area contributed by atoms with Gasteiger partial charge in [-0.1, -0.05) is 20.3 Å². The lowest BCUT2D eigenvalue weighted by Gasteiger charge is -2.11. The highest BCUT2D eigenvalue weighted by molar-refractivity contribution is 5.14. The first-order valence-electron chi connectivity index (χ1n) is 6.17. The molecule has 2 heteroatoms. The molecule has 1 rings (SSSR count). The Morgan fingerprint density at radius 1 is 1.33 bits per heavy atom. The van der Waals surface area contributed by atoms with E-state index < -0.39 is 0 Å². The van der Waals surface area contributed by atoms with Crippen molar-refractivity contribution in [2.75, 3.05) is 6.54 Å². The minimum Gasteiger partial charge on any atom is -0.354 e. The van der Waals surface area contributed by atoms with Crippen LogP contribution in [0.4, 0.5) is 0 Å². The van der Waals surface area contributed by atoms with Crippen LogP contribution in [0.2, 0.25) is 0 Å². The monoisotopic (exact) mass is 208 g/mol. The molecule has 0 aliphatic carbocycles. The molecule has 0 aromatic carbocycles. The lowest BCUT2D eigenvalue weighted by atomic mass is 10.2. The summed E-state index contributed by atoms with van der Waals surface area (Å²) >= 11 is 0. The Labute approximate surface area is 93.7 Å². The van der Waals surface area contributed by atoms with E-state index in [1.54, 1.807) is 0 Å². The van der Waals surface area contributed by atoms with Crippen molar-refractivity contribution >= 4 is 0 Å². The molecule has 0 amide bonds. The molecule has 1 aromatic heterocycles. The van der Waals surface area contributed by atoms with Crippen LogP contribution in [0, 0.1) is 0 Å². The van der Waals surface area contributed by atoms with Crippen LogP contribution in [0.15, 0.2) is 18.5 Å². The molecule has 0 saturated heterocycles. The van der Waals surface area contributed by atoms with Gasteiger partial charge in [-0.15, -0.1) is 0 Å². The normalized spacial score (nSPS) is 13.0. The van der Waals surface area contributed by atoms with E-state index in [4.69, 9.17) is 0 Å². The Hall–Kier alpha value is -0.760. The SMILES string of the molecule is CCCCN[C@@H](C)c1ccn(CCC)c1. The number of unbranched alkanes of at least 4 members (excludes halogenated alkanes) is 1. The van der Waals surface area contributed by atoms with Gasteiger partial charge in [0, 0.05) is 25.0 Å². The van der Waals surface area contributed by atoms with E-state index >= 15 is 0 Å². The van der Waals surface area contributed by atoms with E-state index in [0.29, 0.717) is 6.04 Å². The molecule has 0 aliphatic heterocycles. The number of aromatic nitrogens is 1.